The first-order valence-electron chi connectivity index (χ1n) is 4.32. The first kappa shape index (κ1) is 10.6. The fourth-order valence-corrected chi connectivity index (χ4v) is 2.21. The third-order valence-corrected chi connectivity index (χ3v) is 2.77. The topological polar surface area (TPSA) is 93.0 Å². The van der Waals surface area contributed by atoms with Gasteiger partial charge in [-0.25, -0.2) is 0 Å². The Balaban J connectivity index is 2.55. The number of fused-ring (bicyclic) bond motifs is 1. The Bertz CT molecular complexity index is 575. The molecule has 0 aromatic heterocycles. The first-order valence-corrected chi connectivity index (χ1v) is 5.69. The summed E-state index contributed by atoms with van der Waals surface area (Å²) in [5.41, 5.74) is 0.370. The van der Waals surface area contributed by atoms with Gasteiger partial charge < -0.3 is 9.29 Å². The van der Waals surface area contributed by atoms with Crippen LogP contribution in [0.15, 0.2) is 28.7 Å². The summed E-state index contributed by atoms with van der Waals surface area (Å²) < 4.78 is 30.3. The molecule has 1 aliphatic rings. The third kappa shape index (κ3) is 2.03. The lowest BCUT2D eigenvalue weighted by molar-refractivity contribution is -0.135. The first-order chi connectivity index (χ1) is 7.48. The Labute approximate surface area is 91.5 Å². The number of hydrogen-bond donors (Lipinski definition) is 1. The predicted molar refractivity (Wildman–Crippen MR) is 54.8 cm³/mol. The van der Waals surface area contributed by atoms with Gasteiger partial charge in [-0.15, -0.1) is 4.40 Å². The summed E-state index contributed by atoms with van der Waals surface area (Å²) in [5.74, 6) is -1.04. The second kappa shape index (κ2) is 3.60. The van der Waals surface area contributed by atoms with E-state index in [2.05, 4.69) is 8.58 Å². The molecule has 7 heteroatoms. The van der Waals surface area contributed by atoms with Gasteiger partial charge in [0.05, 0.1) is 12.1 Å². The van der Waals surface area contributed by atoms with Gasteiger partial charge in [0, 0.05) is 5.56 Å². The molecule has 1 N–H and O–H groups in total. The van der Waals surface area contributed by atoms with Gasteiger partial charge in [-0.1, -0.05) is 12.1 Å². The van der Waals surface area contributed by atoms with Crippen LogP contribution >= 0.6 is 0 Å². The maximum absolute atomic E-state index is 11.2. The molecule has 1 aromatic rings. The van der Waals surface area contributed by atoms with Gasteiger partial charge in [0.1, 0.15) is 0 Å². The molecular formula is C9H7NO5S. The molecule has 0 spiro atoms. The summed E-state index contributed by atoms with van der Waals surface area (Å²) in [6.45, 7) is 0. The van der Waals surface area contributed by atoms with Crippen LogP contribution in [0.3, 0.4) is 0 Å². The number of nitrogens with zero attached hydrogens (tertiary/aromatic N) is 1. The molecule has 0 saturated heterocycles. The summed E-state index contributed by atoms with van der Waals surface area (Å²) in [6.07, 6.45) is -0.459. The number of carboxylic acids is 1. The molecule has 6 nitrogen and oxygen atoms in total. The molecule has 0 unspecified atom stereocenters. The van der Waals surface area contributed by atoms with E-state index in [-0.39, 0.29) is 11.5 Å². The van der Waals surface area contributed by atoms with Gasteiger partial charge in [-0.3, -0.25) is 4.79 Å². The highest BCUT2D eigenvalue weighted by molar-refractivity contribution is 7.86. The zero-order chi connectivity index (χ0) is 11.8. The Morgan fingerprint density at radius 1 is 1.38 bits per heavy atom. The van der Waals surface area contributed by atoms with Crippen LogP contribution in [-0.4, -0.2) is 25.2 Å². The van der Waals surface area contributed by atoms with Crippen molar-refractivity contribution in [2.45, 2.75) is 6.42 Å². The maximum Gasteiger partial charge on any atom is 0.428 e. The van der Waals surface area contributed by atoms with E-state index in [0.717, 1.165) is 0 Å². The highest BCUT2D eigenvalue weighted by Crippen LogP contribution is 2.26. The van der Waals surface area contributed by atoms with Crippen molar-refractivity contribution in [1.82, 2.24) is 0 Å². The van der Waals surface area contributed by atoms with Crippen LogP contribution in [-0.2, 0) is 15.1 Å². The molecule has 84 valence electrons. The van der Waals surface area contributed by atoms with Crippen LogP contribution in [0.1, 0.15) is 12.0 Å². The van der Waals surface area contributed by atoms with Crippen molar-refractivity contribution in [3.63, 3.8) is 0 Å². The minimum absolute atomic E-state index is 0.0191. The molecule has 0 fully saturated rings. The van der Waals surface area contributed by atoms with Crippen LogP contribution in [0.4, 0.5) is 0 Å². The summed E-state index contributed by atoms with van der Waals surface area (Å²) >= 11 is 0. The van der Waals surface area contributed by atoms with E-state index in [1.807, 2.05) is 0 Å². The zero-order valence-corrected chi connectivity index (χ0v) is 8.77. The molecule has 0 radical (unpaired) electrons. The molecule has 1 heterocycles. The van der Waals surface area contributed by atoms with E-state index in [9.17, 15) is 13.2 Å². The standard InChI is InChI=1S/C9H7NO5S/c11-9(12)5-7-6-3-1-2-4-8(6)15-16(13,14)10-7/h1-4H,5H2,(H,11,12). The molecule has 1 aliphatic heterocycles. The summed E-state index contributed by atoms with van der Waals surface area (Å²) in [6, 6.07) is 6.25. The fraction of sp³-hybridized carbons (Fsp3) is 0.111. The van der Waals surface area contributed by atoms with E-state index < -0.39 is 22.7 Å². The number of carbonyl (C=O) groups is 1. The molecular weight excluding hydrogens is 234 g/mol. The maximum atomic E-state index is 11.2. The number of carboxylic acid groups (broad SMARTS) is 1. The Kier molecular flexibility index (Phi) is 2.39. The van der Waals surface area contributed by atoms with Crippen molar-refractivity contribution in [1.29, 1.82) is 0 Å². The second-order valence-electron chi connectivity index (χ2n) is 3.12. The minimum atomic E-state index is -4.07. The molecule has 1 aromatic carbocycles. The molecule has 0 amide bonds. The highest BCUT2D eigenvalue weighted by Gasteiger charge is 2.25. The fourth-order valence-electron chi connectivity index (χ4n) is 1.36. The van der Waals surface area contributed by atoms with Gasteiger partial charge in [0.15, 0.2) is 5.75 Å². The molecule has 0 atom stereocenters. The summed E-state index contributed by atoms with van der Waals surface area (Å²) in [7, 11) is -4.07. The van der Waals surface area contributed by atoms with E-state index in [1.165, 1.54) is 6.07 Å². The molecule has 0 aliphatic carbocycles. The smallest absolute Gasteiger partial charge is 0.428 e. The van der Waals surface area contributed by atoms with Crippen molar-refractivity contribution < 1.29 is 22.5 Å². The number of benzene rings is 1. The second-order valence-corrected chi connectivity index (χ2v) is 4.32. The van der Waals surface area contributed by atoms with Crippen LogP contribution in [0.25, 0.3) is 0 Å². The lowest BCUT2D eigenvalue weighted by atomic mass is 10.1. The third-order valence-electron chi connectivity index (χ3n) is 1.93. The number of aliphatic carboxylic acids is 1. The molecule has 16 heavy (non-hydrogen) atoms. The monoisotopic (exact) mass is 241 g/mol. The van der Waals surface area contributed by atoms with Crippen LogP contribution in [0.5, 0.6) is 5.75 Å². The van der Waals surface area contributed by atoms with Crippen molar-refractivity contribution >= 4 is 22.0 Å². The van der Waals surface area contributed by atoms with Gasteiger partial charge in [0.2, 0.25) is 0 Å². The van der Waals surface area contributed by atoms with E-state index >= 15 is 0 Å². The lowest BCUT2D eigenvalue weighted by Gasteiger charge is -2.15. The number of para-hydroxylation sites is 1. The predicted octanol–water partition coefficient (Wildman–Crippen LogP) is 0.588. The van der Waals surface area contributed by atoms with Crippen molar-refractivity contribution in [2.75, 3.05) is 0 Å². The summed E-state index contributed by atoms with van der Waals surface area (Å²) in [5, 5.41) is 8.65. The van der Waals surface area contributed by atoms with Crippen LogP contribution in [0.2, 0.25) is 0 Å². The molecule has 0 bridgehead atoms. The SMILES string of the molecule is O=C(O)CC1=NS(=O)(=O)Oc2ccccc21. The van der Waals surface area contributed by atoms with E-state index in [4.69, 9.17) is 5.11 Å². The molecule has 0 saturated carbocycles. The highest BCUT2D eigenvalue weighted by atomic mass is 32.2. The number of hydrogen-bond acceptors (Lipinski definition) is 4. The van der Waals surface area contributed by atoms with Gasteiger partial charge in [-0.2, -0.15) is 8.42 Å². The summed E-state index contributed by atoms with van der Waals surface area (Å²) in [4.78, 5) is 10.6. The van der Waals surface area contributed by atoms with Gasteiger partial charge in [-0.05, 0) is 12.1 Å². The normalized spacial score (nSPS) is 16.9. The number of rotatable bonds is 2. The minimum Gasteiger partial charge on any atom is -0.481 e. The van der Waals surface area contributed by atoms with Crippen molar-refractivity contribution in [3.05, 3.63) is 29.8 Å². The molecule has 2 rings (SSSR count). The van der Waals surface area contributed by atoms with Gasteiger partial charge >= 0.3 is 16.3 Å². The van der Waals surface area contributed by atoms with E-state index in [0.29, 0.717) is 5.56 Å². The Morgan fingerprint density at radius 3 is 2.75 bits per heavy atom. The van der Waals surface area contributed by atoms with Crippen molar-refractivity contribution in [3.8, 4) is 5.75 Å². The largest absolute Gasteiger partial charge is 0.481 e. The van der Waals surface area contributed by atoms with E-state index in [1.54, 1.807) is 18.2 Å². The van der Waals surface area contributed by atoms with Gasteiger partial charge in [0.25, 0.3) is 0 Å². The van der Waals surface area contributed by atoms with Crippen molar-refractivity contribution in [2.24, 2.45) is 4.40 Å². The average molecular weight is 241 g/mol. The van der Waals surface area contributed by atoms with Crippen LogP contribution in [0, 0.1) is 0 Å². The Hall–Kier alpha value is -1.89. The Morgan fingerprint density at radius 2 is 2.06 bits per heavy atom. The average Bonchev–Trinajstić information content (AvgIpc) is 2.14. The lowest BCUT2D eigenvalue weighted by Crippen LogP contribution is -2.20. The quantitative estimate of drug-likeness (QED) is 0.817. The van der Waals surface area contributed by atoms with Crippen LogP contribution < -0.4 is 4.18 Å². The zero-order valence-electron chi connectivity index (χ0n) is 7.95.